The van der Waals surface area contributed by atoms with Crippen molar-refractivity contribution in [1.82, 2.24) is 24.6 Å². The van der Waals surface area contributed by atoms with Crippen LogP contribution < -0.4 is 15.5 Å². The van der Waals surface area contributed by atoms with Crippen LogP contribution in [0.3, 0.4) is 0 Å². The number of piperazine rings is 1. The fourth-order valence-corrected chi connectivity index (χ4v) is 3.51. The first-order valence-electron chi connectivity index (χ1n) is 9.39. The van der Waals surface area contributed by atoms with Crippen LogP contribution in [0, 0.1) is 13.8 Å². The summed E-state index contributed by atoms with van der Waals surface area (Å²) >= 11 is 0. The van der Waals surface area contributed by atoms with Gasteiger partial charge in [0.1, 0.15) is 11.6 Å². The van der Waals surface area contributed by atoms with Crippen LogP contribution in [0.1, 0.15) is 36.8 Å². The van der Waals surface area contributed by atoms with E-state index in [1.807, 2.05) is 30.5 Å². The second-order valence-corrected chi connectivity index (χ2v) is 7.45. The van der Waals surface area contributed by atoms with Crippen LogP contribution in [0.15, 0.2) is 18.2 Å². The molecule has 0 atom stereocenters. The Kier molecular flexibility index (Phi) is 4.33. The van der Waals surface area contributed by atoms with E-state index in [4.69, 9.17) is 10.7 Å². The molecule has 0 radical (unpaired) electrons. The Labute approximate surface area is 159 Å². The topological polar surface area (TPSA) is 88.5 Å². The minimum absolute atomic E-state index is 0.330. The van der Waals surface area contributed by atoms with Crippen LogP contribution in [0.25, 0.3) is 5.65 Å². The molecule has 142 valence electrons. The molecule has 2 N–H and O–H groups in total. The normalized spacial score (nSPS) is 15.1. The minimum Gasteiger partial charge on any atom is -0.368 e. The van der Waals surface area contributed by atoms with Crippen molar-refractivity contribution < 1.29 is 0 Å². The Balaban J connectivity index is 1.61. The van der Waals surface area contributed by atoms with Crippen LogP contribution in [-0.2, 0) is 0 Å². The third kappa shape index (κ3) is 3.39. The molecule has 0 unspecified atom stereocenters. The van der Waals surface area contributed by atoms with Gasteiger partial charge < -0.3 is 15.5 Å². The van der Waals surface area contributed by atoms with E-state index in [-0.39, 0.29) is 0 Å². The molecule has 0 amide bonds. The SMILES string of the molecule is Cc1cc(N2CCN(c3cc(C(C)C)nc4cc(C)nn34)CC2)nc(N)n1. The minimum atomic E-state index is 0.330. The van der Waals surface area contributed by atoms with E-state index in [9.17, 15) is 0 Å². The predicted molar refractivity (Wildman–Crippen MR) is 107 cm³/mol. The van der Waals surface area contributed by atoms with Gasteiger partial charge in [-0.1, -0.05) is 13.8 Å². The molecule has 1 saturated heterocycles. The number of hydrogen-bond donors (Lipinski definition) is 1. The summed E-state index contributed by atoms with van der Waals surface area (Å²) in [5, 5.41) is 4.65. The van der Waals surface area contributed by atoms with Gasteiger partial charge in [-0.25, -0.2) is 9.97 Å². The van der Waals surface area contributed by atoms with Crippen molar-refractivity contribution in [1.29, 1.82) is 0 Å². The van der Waals surface area contributed by atoms with Gasteiger partial charge in [-0.3, -0.25) is 0 Å². The number of hydrogen-bond acceptors (Lipinski definition) is 7. The average molecular weight is 366 g/mol. The maximum atomic E-state index is 5.82. The average Bonchev–Trinajstić information content (AvgIpc) is 3.00. The van der Waals surface area contributed by atoms with E-state index in [1.165, 1.54) is 0 Å². The van der Waals surface area contributed by atoms with E-state index in [0.29, 0.717) is 11.9 Å². The molecule has 0 bridgehead atoms. The zero-order chi connectivity index (χ0) is 19.1. The molecule has 0 aromatic carbocycles. The summed E-state index contributed by atoms with van der Waals surface area (Å²) < 4.78 is 1.96. The van der Waals surface area contributed by atoms with Crippen LogP contribution in [0.2, 0.25) is 0 Å². The van der Waals surface area contributed by atoms with Gasteiger partial charge in [-0.2, -0.15) is 14.6 Å². The van der Waals surface area contributed by atoms with Gasteiger partial charge in [0.2, 0.25) is 5.95 Å². The molecule has 1 fully saturated rings. The Morgan fingerprint density at radius 2 is 1.59 bits per heavy atom. The summed E-state index contributed by atoms with van der Waals surface area (Å²) in [5.41, 5.74) is 9.70. The first kappa shape index (κ1) is 17.5. The molecule has 8 heteroatoms. The highest BCUT2D eigenvalue weighted by Gasteiger charge is 2.22. The summed E-state index contributed by atoms with van der Waals surface area (Å²) in [5.74, 6) is 2.71. The molecule has 1 aliphatic heterocycles. The smallest absolute Gasteiger partial charge is 0.222 e. The van der Waals surface area contributed by atoms with E-state index in [2.05, 4.69) is 44.8 Å². The molecule has 0 saturated carbocycles. The van der Waals surface area contributed by atoms with Crippen LogP contribution in [-0.4, -0.2) is 50.7 Å². The number of rotatable bonds is 3. The van der Waals surface area contributed by atoms with Crippen molar-refractivity contribution in [2.24, 2.45) is 0 Å². The molecule has 27 heavy (non-hydrogen) atoms. The lowest BCUT2D eigenvalue weighted by molar-refractivity contribution is 0.631. The lowest BCUT2D eigenvalue weighted by Crippen LogP contribution is -2.47. The Morgan fingerprint density at radius 3 is 2.26 bits per heavy atom. The van der Waals surface area contributed by atoms with Gasteiger partial charge in [0, 0.05) is 55.8 Å². The summed E-state index contributed by atoms with van der Waals surface area (Å²) in [6.07, 6.45) is 0. The van der Waals surface area contributed by atoms with Crippen molar-refractivity contribution >= 4 is 23.2 Å². The number of aryl methyl sites for hydroxylation is 2. The second-order valence-electron chi connectivity index (χ2n) is 7.45. The second kappa shape index (κ2) is 6.68. The lowest BCUT2D eigenvalue weighted by Gasteiger charge is -2.36. The zero-order valence-electron chi connectivity index (χ0n) is 16.3. The van der Waals surface area contributed by atoms with Gasteiger partial charge in [0.25, 0.3) is 0 Å². The van der Waals surface area contributed by atoms with E-state index in [0.717, 1.165) is 60.5 Å². The molecule has 3 aromatic heterocycles. The number of anilines is 3. The molecule has 8 nitrogen and oxygen atoms in total. The van der Waals surface area contributed by atoms with E-state index < -0.39 is 0 Å². The molecule has 0 spiro atoms. The van der Waals surface area contributed by atoms with Crippen molar-refractivity contribution in [3.8, 4) is 0 Å². The van der Waals surface area contributed by atoms with Gasteiger partial charge in [0.15, 0.2) is 5.65 Å². The Bertz CT molecular complexity index is 949. The Hall–Kier alpha value is -2.90. The highest BCUT2D eigenvalue weighted by atomic mass is 15.4. The third-order valence-corrected chi connectivity index (χ3v) is 4.93. The van der Waals surface area contributed by atoms with E-state index in [1.54, 1.807) is 0 Å². The van der Waals surface area contributed by atoms with Gasteiger partial charge >= 0.3 is 0 Å². The highest BCUT2D eigenvalue weighted by molar-refractivity contribution is 5.54. The molecular weight excluding hydrogens is 340 g/mol. The Morgan fingerprint density at radius 1 is 0.889 bits per heavy atom. The van der Waals surface area contributed by atoms with Crippen molar-refractivity contribution in [3.63, 3.8) is 0 Å². The molecule has 4 rings (SSSR count). The standard InChI is InChI=1S/C19H26N8/c1-12(2)15-11-18(27-17(22-15)10-14(4)24-27)26-7-5-25(6-8-26)16-9-13(3)21-19(20)23-16/h9-12H,5-8H2,1-4H3,(H2,20,21,23). The fourth-order valence-electron chi connectivity index (χ4n) is 3.51. The number of nitrogens with zero attached hydrogens (tertiary/aromatic N) is 7. The van der Waals surface area contributed by atoms with Gasteiger partial charge in [-0.15, -0.1) is 0 Å². The monoisotopic (exact) mass is 366 g/mol. The van der Waals surface area contributed by atoms with E-state index >= 15 is 0 Å². The summed E-state index contributed by atoms with van der Waals surface area (Å²) in [7, 11) is 0. The van der Waals surface area contributed by atoms with Crippen molar-refractivity contribution in [3.05, 3.63) is 35.3 Å². The van der Waals surface area contributed by atoms with Crippen LogP contribution in [0.4, 0.5) is 17.6 Å². The molecule has 3 aromatic rings. The summed E-state index contributed by atoms with van der Waals surface area (Å²) in [6.45, 7) is 11.8. The van der Waals surface area contributed by atoms with Crippen molar-refractivity contribution in [2.45, 2.75) is 33.6 Å². The summed E-state index contributed by atoms with van der Waals surface area (Å²) in [6, 6.07) is 6.20. The zero-order valence-corrected chi connectivity index (χ0v) is 16.3. The first-order valence-corrected chi connectivity index (χ1v) is 9.39. The number of nitrogen functional groups attached to an aromatic ring is 1. The van der Waals surface area contributed by atoms with Gasteiger partial charge in [-0.05, 0) is 19.8 Å². The lowest BCUT2D eigenvalue weighted by atomic mass is 10.1. The maximum absolute atomic E-state index is 5.82. The number of aromatic nitrogens is 5. The number of nitrogens with two attached hydrogens (primary N) is 1. The molecule has 1 aliphatic rings. The molecule has 0 aliphatic carbocycles. The van der Waals surface area contributed by atoms with Crippen molar-refractivity contribution in [2.75, 3.05) is 41.7 Å². The largest absolute Gasteiger partial charge is 0.368 e. The number of fused-ring (bicyclic) bond motifs is 1. The fraction of sp³-hybridized carbons (Fsp3) is 0.474. The van der Waals surface area contributed by atoms with Crippen LogP contribution >= 0.6 is 0 Å². The van der Waals surface area contributed by atoms with Gasteiger partial charge in [0.05, 0.1) is 5.69 Å². The first-order chi connectivity index (χ1) is 12.9. The predicted octanol–water partition coefficient (Wildman–Crippen LogP) is 2.17. The quantitative estimate of drug-likeness (QED) is 0.760. The highest BCUT2D eigenvalue weighted by Crippen LogP contribution is 2.24. The van der Waals surface area contributed by atoms with Crippen LogP contribution in [0.5, 0.6) is 0 Å². The summed E-state index contributed by atoms with van der Waals surface area (Å²) in [4.78, 5) is 18.0. The third-order valence-electron chi connectivity index (χ3n) is 4.93. The molecular formula is C19H26N8. The molecule has 4 heterocycles. The maximum Gasteiger partial charge on any atom is 0.222 e.